The Morgan fingerprint density at radius 2 is 2.20 bits per heavy atom. The summed E-state index contributed by atoms with van der Waals surface area (Å²) in [6, 6.07) is 5.56. The van der Waals surface area contributed by atoms with Gasteiger partial charge in [-0.1, -0.05) is 6.07 Å². The minimum absolute atomic E-state index is 0.154. The lowest BCUT2D eigenvalue weighted by molar-refractivity contribution is 0.399. The molecular formula is C7H8NO2. The van der Waals surface area contributed by atoms with Gasteiger partial charge in [0, 0.05) is 12.1 Å². The molecule has 0 aromatic heterocycles. The van der Waals surface area contributed by atoms with Crippen molar-refractivity contribution in [3.63, 3.8) is 0 Å². The molecule has 3 heteroatoms. The van der Waals surface area contributed by atoms with Crippen molar-refractivity contribution in [2.24, 2.45) is 5.73 Å². The number of nitrogens with two attached hydrogens (primary N) is 1. The van der Waals surface area contributed by atoms with E-state index in [1.54, 1.807) is 0 Å². The Hall–Kier alpha value is -1.22. The van der Waals surface area contributed by atoms with Gasteiger partial charge in [-0.05, 0) is 12.1 Å². The van der Waals surface area contributed by atoms with Crippen LogP contribution in [0.2, 0.25) is 0 Å². The molecule has 0 atom stereocenters. The minimum atomic E-state index is -0.176. The third-order valence-corrected chi connectivity index (χ3v) is 1.23. The fourth-order valence-corrected chi connectivity index (χ4v) is 0.679. The van der Waals surface area contributed by atoms with E-state index < -0.39 is 0 Å². The maximum Gasteiger partial charge on any atom is 0.162 e. The lowest BCUT2D eigenvalue weighted by Gasteiger charge is -2.00. The van der Waals surface area contributed by atoms with E-state index in [0.29, 0.717) is 5.56 Å². The van der Waals surface area contributed by atoms with E-state index in [4.69, 9.17) is 15.9 Å². The first-order chi connectivity index (χ1) is 4.75. The number of hydrogen-bond acceptors (Lipinski definition) is 3. The predicted molar refractivity (Wildman–Crippen MR) is 36.5 cm³/mol. The standard InChI is InChI=1S/C7H8NO2/c8-4-5-2-1-3-6(9)7(5)10/h1,3,9-10H,4,8H2. The van der Waals surface area contributed by atoms with Crippen LogP contribution in [0.5, 0.6) is 11.5 Å². The van der Waals surface area contributed by atoms with E-state index in [1.165, 1.54) is 12.1 Å². The number of rotatable bonds is 1. The second-order valence-corrected chi connectivity index (χ2v) is 1.89. The van der Waals surface area contributed by atoms with E-state index in [9.17, 15) is 0 Å². The van der Waals surface area contributed by atoms with Crippen molar-refractivity contribution >= 4 is 0 Å². The minimum Gasteiger partial charge on any atom is -0.504 e. The van der Waals surface area contributed by atoms with Crippen LogP contribution in [0.4, 0.5) is 0 Å². The molecule has 0 aliphatic heterocycles. The van der Waals surface area contributed by atoms with Crippen LogP contribution in [-0.2, 0) is 6.54 Å². The molecule has 3 nitrogen and oxygen atoms in total. The van der Waals surface area contributed by atoms with Crippen LogP contribution in [0.25, 0.3) is 0 Å². The van der Waals surface area contributed by atoms with Crippen molar-refractivity contribution < 1.29 is 10.2 Å². The Morgan fingerprint density at radius 3 is 2.70 bits per heavy atom. The Kier molecular flexibility index (Phi) is 1.78. The lowest BCUT2D eigenvalue weighted by Crippen LogP contribution is -1.96. The molecule has 0 bridgehead atoms. The summed E-state index contributed by atoms with van der Waals surface area (Å²) >= 11 is 0. The molecule has 0 heterocycles. The Labute approximate surface area is 58.7 Å². The maximum absolute atomic E-state index is 9.04. The van der Waals surface area contributed by atoms with Crippen molar-refractivity contribution in [3.8, 4) is 11.5 Å². The van der Waals surface area contributed by atoms with Gasteiger partial charge in [-0.2, -0.15) is 0 Å². The van der Waals surface area contributed by atoms with E-state index in [0.717, 1.165) is 0 Å². The quantitative estimate of drug-likeness (QED) is 0.491. The second-order valence-electron chi connectivity index (χ2n) is 1.89. The fourth-order valence-electron chi connectivity index (χ4n) is 0.679. The normalized spacial score (nSPS) is 9.70. The highest BCUT2D eigenvalue weighted by atomic mass is 16.3. The molecule has 0 fully saturated rings. The Balaban J connectivity index is 3.14. The van der Waals surface area contributed by atoms with E-state index >= 15 is 0 Å². The molecule has 1 radical (unpaired) electrons. The molecule has 0 saturated heterocycles. The highest BCUT2D eigenvalue weighted by Crippen LogP contribution is 2.26. The first-order valence-electron chi connectivity index (χ1n) is 2.87. The monoisotopic (exact) mass is 138 g/mol. The molecule has 0 amide bonds. The van der Waals surface area contributed by atoms with E-state index in [2.05, 4.69) is 6.07 Å². The molecule has 0 spiro atoms. The van der Waals surface area contributed by atoms with Crippen LogP contribution in [0.3, 0.4) is 0 Å². The SMILES string of the molecule is NCc1[c]ccc(O)c1O. The van der Waals surface area contributed by atoms with Gasteiger partial charge in [0.25, 0.3) is 0 Å². The summed E-state index contributed by atoms with van der Waals surface area (Å²) in [5.41, 5.74) is 5.65. The number of hydrogen-bond donors (Lipinski definition) is 3. The van der Waals surface area contributed by atoms with Crippen molar-refractivity contribution in [1.82, 2.24) is 0 Å². The summed E-state index contributed by atoms with van der Waals surface area (Å²) in [6.45, 7) is 0.181. The van der Waals surface area contributed by atoms with Crippen molar-refractivity contribution in [2.75, 3.05) is 0 Å². The molecule has 53 valence electrons. The highest BCUT2D eigenvalue weighted by Gasteiger charge is 2.02. The molecular weight excluding hydrogens is 130 g/mol. The van der Waals surface area contributed by atoms with Crippen LogP contribution in [0.1, 0.15) is 5.56 Å². The molecule has 0 saturated carbocycles. The number of benzene rings is 1. The van der Waals surface area contributed by atoms with Gasteiger partial charge in [0.15, 0.2) is 11.5 Å². The van der Waals surface area contributed by atoms with Crippen LogP contribution < -0.4 is 5.73 Å². The maximum atomic E-state index is 9.04. The predicted octanol–water partition coefficient (Wildman–Crippen LogP) is 0.357. The zero-order chi connectivity index (χ0) is 7.56. The summed E-state index contributed by atoms with van der Waals surface area (Å²) in [5, 5.41) is 17.9. The second kappa shape index (κ2) is 2.58. The topological polar surface area (TPSA) is 66.5 Å². The first kappa shape index (κ1) is 6.89. The van der Waals surface area contributed by atoms with Crippen molar-refractivity contribution in [1.29, 1.82) is 0 Å². The van der Waals surface area contributed by atoms with Crippen LogP contribution in [-0.4, -0.2) is 10.2 Å². The van der Waals surface area contributed by atoms with Gasteiger partial charge in [-0.25, -0.2) is 0 Å². The molecule has 4 N–H and O–H groups in total. The molecule has 0 unspecified atom stereocenters. The van der Waals surface area contributed by atoms with Crippen molar-refractivity contribution in [2.45, 2.75) is 6.54 Å². The summed E-state index contributed by atoms with van der Waals surface area (Å²) in [4.78, 5) is 0. The molecule has 0 aliphatic carbocycles. The van der Waals surface area contributed by atoms with Gasteiger partial charge in [0.05, 0.1) is 0 Å². The summed E-state index contributed by atoms with van der Waals surface area (Å²) in [6.07, 6.45) is 0. The van der Waals surface area contributed by atoms with Crippen LogP contribution in [0.15, 0.2) is 12.1 Å². The smallest absolute Gasteiger partial charge is 0.162 e. The van der Waals surface area contributed by atoms with Gasteiger partial charge >= 0.3 is 0 Å². The Bertz CT molecular complexity index is 235. The molecule has 0 aliphatic rings. The molecule has 1 rings (SSSR count). The average Bonchev–Trinajstić information content (AvgIpc) is 1.95. The first-order valence-corrected chi connectivity index (χ1v) is 2.87. The van der Waals surface area contributed by atoms with Crippen LogP contribution >= 0.6 is 0 Å². The number of phenols is 2. The molecule has 10 heavy (non-hydrogen) atoms. The zero-order valence-corrected chi connectivity index (χ0v) is 5.33. The number of phenolic OH excluding ortho intramolecular Hbond substituents is 2. The average molecular weight is 138 g/mol. The Morgan fingerprint density at radius 1 is 1.50 bits per heavy atom. The van der Waals surface area contributed by atoms with Crippen molar-refractivity contribution in [3.05, 3.63) is 23.8 Å². The highest BCUT2D eigenvalue weighted by molar-refractivity contribution is 5.43. The van der Waals surface area contributed by atoms with Gasteiger partial charge in [-0.3, -0.25) is 0 Å². The van der Waals surface area contributed by atoms with E-state index in [1.807, 2.05) is 0 Å². The summed E-state index contributed by atoms with van der Waals surface area (Å²) in [7, 11) is 0. The van der Waals surface area contributed by atoms with E-state index in [-0.39, 0.29) is 18.0 Å². The van der Waals surface area contributed by atoms with Gasteiger partial charge in [0.2, 0.25) is 0 Å². The molecule has 1 aromatic rings. The third-order valence-electron chi connectivity index (χ3n) is 1.23. The zero-order valence-electron chi connectivity index (χ0n) is 5.33. The van der Waals surface area contributed by atoms with Gasteiger partial charge in [-0.15, -0.1) is 0 Å². The number of aromatic hydroxyl groups is 2. The van der Waals surface area contributed by atoms with Gasteiger partial charge < -0.3 is 15.9 Å². The molecule has 1 aromatic carbocycles. The van der Waals surface area contributed by atoms with Crippen LogP contribution in [0, 0.1) is 6.07 Å². The van der Waals surface area contributed by atoms with Gasteiger partial charge in [0.1, 0.15) is 0 Å². The fraction of sp³-hybridized carbons (Fsp3) is 0.143. The largest absolute Gasteiger partial charge is 0.504 e. The summed E-state index contributed by atoms with van der Waals surface area (Å²) < 4.78 is 0. The summed E-state index contributed by atoms with van der Waals surface area (Å²) in [5.74, 6) is -0.329. The lowest BCUT2D eigenvalue weighted by atomic mass is 10.2. The third kappa shape index (κ3) is 1.04.